The molecule has 0 amide bonds. The number of likely N-dealkylation sites (tertiary alicyclic amines) is 1. The molecule has 2 heterocycles. The predicted octanol–water partition coefficient (Wildman–Crippen LogP) is 0.857. The number of likely N-dealkylation sites (N-methyl/N-ethyl adjacent to an activating group) is 1. The van der Waals surface area contributed by atoms with Crippen molar-refractivity contribution in [2.45, 2.75) is 18.9 Å². The van der Waals surface area contributed by atoms with Crippen LogP contribution in [-0.2, 0) is 0 Å². The zero-order chi connectivity index (χ0) is 7.84. The number of fused-ring (bicyclic) bond motifs is 1. The molecular weight excluding hydrogens is 156 g/mol. The molecule has 0 aromatic carbocycles. The molecule has 0 saturated carbocycles. The largest absolute Gasteiger partial charge is 0.302 e. The van der Waals surface area contributed by atoms with Crippen molar-refractivity contribution in [2.75, 3.05) is 26.7 Å². The lowest BCUT2D eigenvalue weighted by molar-refractivity contribution is 0.157. The van der Waals surface area contributed by atoms with Crippen LogP contribution in [0, 0.1) is 5.92 Å². The van der Waals surface area contributed by atoms with Crippen molar-refractivity contribution in [3.63, 3.8) is 0 Å². The van der Waals surface area contributed by atoms with E-state index in [4.69, 9.17) is 0 Å². The van der Waals surface area contributed by atoms with E-state index in [0.717, 1.165) is 18.5 Å². The van der Waals surface area contributed by atoms with E-state index in [0.29, 0.717) is 0 Å². The summed E-state index contributed by atoms with van der Waals surface area (Å²) in [7, 11) is 2.24. The first-order valence-corrected chi connectivity index (χ1v) is 4.81. The molecular formula is C8H16N2S. The lowest BCUT2D eigenvalue weighted by Crippen LogP contribution is -2.42. The van der Waals surface area contributed by atoms with Crippen molar-refractivity contribution in [1.82, 2.24) is 9.21 Å². The van der Waals surface area contributed by atoms with Gasteiger partial charge in [-0.15, -0.1) is 0 Å². The zero-order valence-corrected chi connectivity index (χ0v) is 7.93. The number of rotatable bonds is 0. The van der Waals surface area contributed by atoms with E-state index in [1.807, 2.05) is 0 Å². The van der Waals surface area contributed by atoms with Crippen LogP contribution in [0.25, 0.3) is 0 Å². The van der Waals surface area contributed by atoms with Gasteiger partial charge < -0.3 is 4.90 Å². The third-order valence-corrected chi connectivity index (χ3v) is 3.37. The van der Waals surface area contributed by atoms with Gasteiger partial charge in [0.2, 0.25) is 0 Å². The van der Waals surface area contributed by atoms with Crippen LogP contribution in [0.3, 0.4) is 0 Å². The fraction of sp³-hybridized carbons (Fsp3) is 1.00. The fourth-order valence-electron chi connectivity index (χ4n) is 2.38. The highest BCUT2D eigenvalue weighted by molar-refractivity contribution is 7.77. The minimum absolute atomic E-state index is 0.793. The molecule has 3 heteroatoms. The number of nitrogens with zero attached hydrogens (tertiary/aromatic N) is 2. The van der Waals surface area contributed by atoms with Crippen molar-refractivity contribution in [3.8, 4) is 0 Å². The van der Waals surface area contributed by atoms with Crippen LogP contribution in [0.1, 0.15) is 12.8 Å². The monoisotopic (exact) mass is 172 g/mol. The van der Waals surface area contributed by atoms with Crippen molar-refractivity contribution in [2.24, 2.45) is 5.92 Å². The third-order valence-electron chi connectivity index (χ3n) is 3.04. The number of thiol groups is 1. The standard InChI is InChI=1S/C8H16N2S/c1-9-4-2-3-7-5-10(11)6-8(7)9/h7-8,11H,2-6H2,1H3. The number of piperidine rings is 1. The minimum atomic E-state index is 0.793. The van der Waals surface area contributed by atoms with E-state index in [1.165, 1.54) is 25.9 Å². The summed E-state index contributed by atoms with van der Waals surface area (Å²) in [5, 5.41) is 0. The van der Waals surface area contributed by atoms with Gasteiger partial charge in [-0.1, -0.05) is 12.8 Å². The van der Waals surface area contributed by atoms with Gasteiger partial charge in [0.1, 0.15) is 0 Å². The van der Waals surface area contributed by atoms with Gasteiger partial charge in [-0.2, -0.15) is 0 Å². The SMILES string of the molecule is CN1CCCC2CN(S)CC21. The lowest BCUT2D eigenvalue weighted by Gasteiger charge is -2.33. The Bertz CT molecular complexity index is 151. The van der Waals surface area contributed by atoms with Gasteiger partial charge in [-0.05, 0) is 32.4 Å². The molecule has 0 aromatic rings. The molecule has 0 radical (unpaired) electrons. The van der Waals surface area contributed by atoms with Crippen LogP contribution in [-0.4, -0.2) is 41.9 Å². The Morgan fingerprint density at radius 1 is 1.36 bits per heavy atom. The Labute approximate surface area is 74.1 Å². The molecule has 2 nitrogen and oxygen atoms in total. The molecule has 2 saturated heterocycles. The molecule has 2 aliphatic heterocycles. The average Bonchev–Trinajstić information content (AvgIpc) is 2.31. The Balaban J connectivity index is 2.03. The van der Waals surface area contributed by atoms with Crippen LogP contribution in [0.2, 0.25) is 0 Å². The van der Waals surface area contributed by atoms with Crippen molar-refractivity contribution in [3.05, 3.63) is 0 Å². The Hall–Kier alpha value is 0.270. The zero-order valence-electron chi connectivity index (χ0n) is 7.03. The second kappa shape index (κ2) is 2.96. The molecule has 2 rings (SSSR count). The van der Waals surface area contributed by atoms with Gasteiger partial charge in [0, 0.05) is 19.1 Å². The van der Waals surface area contributed by atoms with Gasteiger partial charge >= 0.3 is 0 Å². The van der Waals surface area contributed by atoms with Gasteiger partial charge in [0.25, 0.3) is 0 Å². The summed E-state index contributed by atoms with van der Waals surface area (Å²) in [5.74, 6) is 0.895. The Morgan fingerprint density at radius 3 is 2.91 bits per heavy atom. The quantitative estimate of drug-likeness (QED) is 0.541. The van der Waals surface area contributed by atoms with E-state index in [-0.39, 0.29) is 0 Å². The lowest BCUT2D eigenvalue weighted by atomic mass is 9.93. The van der Waals surface area contributed by atoms with Crippen molar-refractivity contribution in [1.29, 1.82) is 0 Å². The molecule has 0 aromatic heterocycles. The van der Waals surface area contributed by atoms with E-state index in [2.05, 4.69) is 29.1 Å². The topological polar surface area (TPSA) is 6.48 Å². The Morgan fingerprint density at radius 2 is 2.18 bits per heavy atom. The second-order valence-corrected chi connectivity index (χ2v) is 4.39. The minimum Gasteiger partial charge on any atom is -0.302 e. The van der Waals surface area contributed by atoms with Gasteiger partial charge in [0.05, 0.1) is 0 Å². The van der Waals surface area contributed by atoms with Crippen LogP contribution in [0.15, 0.2) is 0 Å². The molecule has 2 fully saturated rings. The van der Waals surface area contributed by atoms with E-state index < -0.39 is 0 Å². The van der Waals surface area contributed by atoms with Crippen LogP contribution in [0.5, 0.6) is 0 Å². The summed E-state index contributed by atoms with van der Waals surface area (Å²) in [5.41, 5.74) is 0. The van der Waals surface area contributed by atoms with Gasteiger partial charge in [-0.3, -0.25) is 4.31 Å². The van der Waals surface area contributed by atoms with Gasteiger partial charge in [-0.25, -0.2) is 0 Å². The normalized spacial score (nSPS) is 40.9. The molecule has 11 heavy (non-hydrogen) atoms. The van der Waals surface area contributed by atoms with E-state index in [9.17, 15) is 0 Å². The number of hydrogen-bond acceptors (Lipinski definition) is 3. The van der Waals surface area contributed by atoms with Crippen molar-refractivity contribution >= 4 is 12.8 Å². The highest BCUT2D eigenvalue weighted by Crippen LogP contribution is 2.29. The summed E-state index contributed by atoms with van der Waals surface area (Å²) in [6, 6.07) is 0.793. The fourth-order valence-corrected chi connectivity index (χ4v) is 2.76. The van der Waals surface area contributed by atoms with Crippen molar-refractivity contribution < 1.29 is 0 Å². The molecule has 2 unspecified atom stereocenters. The molecule has 2 aliphatic rings. The molecule has 0 spiro atoms. The third kappa shape index (κ3) is 1.42. The maximum atomic E-state index is 4.39. The van der Waals surface area contributed by atoms with Crippen LogP contribution < -0.4 is 0 Å². The van der Waals surface area contributed by atoms with E-state index >= 15 is 0 Å². The maximum absolute atomic E-state index is 4.39. The molecule has 0 bridgehead atoms. The first-order valence-electron chi connectivity index (χ1n) is 4.41. The summed E-state index contributed by atoms with van der Waals surface area (Å²) in [4.78, 5) is 2.49. The molecule has 0 aliphatic carbocycles. The molecule has 0 N–H and O–H groups in total. The summed E-state index contributed by atoms with van der Waals surface area (Å²) >= 11 is 4.39. The second-order valence-electron chi connectivity index (χ2n) is 3.82. The van der Waals surface area contributed by atoms with Crippen LogP contribution >= 0.6 is 12.8 Å². The summed E-state index contributed by atoms with van der Waals surface area (Å²) < 4.78 is 2.16. The summed E-state index contributed by atoms with van der Waals surface area (Å²) in [6.07, 6.45) is 2.78. The number of hydrogen-bond donors (Lipinski definition) is 1. The molecule has 2 atom stereocenters. The first kappa shape index (κ1) is 7.90. The van der Waals surface area contributed by atoms with E-state index in [1.54, 1.807) is 0 Å². The maximum Gasteiger partial charge on any atom is 0.0270 e. The summed E-state index contributed by atoms with van der Waals surface area (Å²) in [6.45, 7) is 3.63. The molecule has 64 valence electrons. The highest BCUT2D eigenvalue weighted by atomic mass is 32.1. The predicted molar refractivity (Wildman–Crippen MR) is 49.7 cm³/mol. The Kier molecular flexibility index (Phi) is 2.12. The van der Waals surface area contributed by atoms with Crippen LogP contribution in [0.4, 0.5) is 0 Å². The first-order chi connectivity index (χ1) is 5.27. The average molecular weight is 172 g/mol. The van der Waals surface area contributed by atoms with Gasteiger partial charge in [0.15, 0.2) is 0 Å². The smallest absolute Gasteiger partial charge is 0.0270 e. The highest BCUT2D eigenvalue weighted by Gasteiger charge is 2.36.